The van der Waals surface area contributed by atoms with Crippen LogP contribution in [0, 0.1) is 5.92 Å². The highest BCUT2D eigenvalue weighted by Crippen LogP contribution is 2.44. The maximum atomic E-state index is 11.0. The summed E-state index contributed by atoms with van der Waals surface area (Å²) in [6.07, 6.45) is 1.89. The van der Waals surface area contributed by atoms with Gasteiger partial charge in [-0.15, -0.1) is 6.58 Å². The second-order valence-corrected chi connectivity index (χ2v) is 4.61. The van der Waals surface area contributed by atoms with Gasteiger partial charge in [-0.05, 0) is 0 Å². The molecule has 0 aromatic carbocycles. The van der Waals surface area contributed by atoms with Gasteiger partial charge in [-0.25, -0.2) is 0 Å². The molecule has 2 saturated heterocycles. The van der Waals surface area contributed by atoms with E-state index in [1.807, 2.05) is 0 Å². The van der Waals surface area contributed by atoms with E-state index in [1.165, 1.54) is 0 Å². The lowest BCUT2D eigenvalue weighted by Crippen LogP contribution is -2.21. The first-order valence-electron chi connectivity index (χ1n) is 4.79. The van der Waals surface area contributed by atoms with Crippen LogP contribution in [0.5, 0.6) is 0 Å². The predicted octanol–water partition coefficient (Wildman–Crippen LogP) is 1.39. The average Bonchev–Trinajstić information content (AvgIpc) is 2.48. The van der Waals surface area contributed by atoms with E-state index in [0.717, 1.165) is 0 Å². The van der Waals surface area contributed by atoms with Crippen LogP contribution in [0.3, 0.4) is 0 Å². The summed E-state index contributed by atoms with van der Waals surface area (Å²) in [5, 5.41) is 0. The fourth-order valence-corrected chi connectivity index (χ4v) is 2.54. The topological polar surface area (TPSA) is 54.0 Å². The number of hydrogen-bond acceptors (Lipinski definition) is 5. The van der Waals surface area contributed by atoms with Crippen molar-refractivity contribution >= 4 is 14.6 Å². The summed E-state index contributed by atoms with van der Waals surface area (Å²) in [4.78, 5) is 11.0. The molecule has 1 unspecified atom stereocenters. The Kier molecular flexibility index (Phi) is 3.70. The van der Waals surface area contributed by atoms with E-state index in [-0.39, 0.29) is 18.0 Å². The SMILES string of the molecule is C=CCOP1OC[C@H]2CC(=O)O[C@@H]2CO1. The molecule has 6 heteroatoms. The molecule has 5 nitrogen and oxygen atoms in total. The zero-order valence-electron chi connectivity index (χ0n) is 8.26. The predicted molar refractivity (Wildman–Crippen MR) is 53.0 cm³/mol. The van der Waals surface area contributed by atoms with Gasteiger partial charge in [0.05, 0.1) is 26.2 Å². The van der Waals surface area contributed by atoms with Crippen LogP contribution in [0.4, 0.5) is 0 Å². The molecule has 2 fully saturated rings. The third-order valence-electron chi connectivity index (χ3n) is 2.27. The monoisotopic (exact) mass is 232 g/mol. The smallest absolute Gasteiger partial charge is 0.333 e. The molecule has 0 aliphatic carbocycles. The minimum atomic E-state index is -1.31. The van der Waals surface area contributed by atoms with E-state index in [9.17, 15) is 4.79 Å². The van der Waals surface area contributed by atoms with Gasteiger partial charge in [-0.3, -0.25) is 4.79 Å². The van der Waals surface area contributed by atoms with Crippen molar-refractivity contribution in [3.63, 3.8) is 0 Å². The van der Waals surface area contributed by atoms with Crippen molar-refractivity contribution in [1.82, 2.24) is 0 Å². The van der Waals surface area contributed by atoms with Crippen LogP contribution in [-0.4, -0.2) is 31.9 Å². The fraction of sp³-hybridized carbons (Fsp3) is 0.667. The Bertz CT molecular complexity index is 239. The summed E-state index contributed by atoms with van der Waals surface area (Å²) in [6.45, 7) is 4.76. The highest BCUT2D eigenvalue weighted by Gasteiger charge is 2.39. The summed E-state index contributed by atoms with van der Waals surface area (Å²) in [5.41, 5.74) is 0. The van der Waals surface area contributed by atoms with E-state index >= 15 is 0 Å². The zero-order chi connectivity index (χ0) is 10.7. The molecule has 0 N–H and O–H groups in total. The number of fused-ring (bicyclic) bond motifs is 1. The summed E-state index contributed by atoms with van der Waals surface area (Å²) in [7, 11) is -1.31. The molecule has 0 spiro atoms. The number of carbonyl (C=O) groups is 1. The lowest BCUT2D eigenvalue weighted by molar-refractivity contribution is -0.142. The van der Waals surface area contributed by atoms with Crippen LogP contribution in [-0.2, 0) is 23.1 Å². The van der Waals surface area contributed by atoms with Gasteiger partial charge in [0.2, 0.25) is 0 Å². The Hall–Kier alpha value is -0.480. The standard InChI is InChI=1S/C9H13O5P/c1-2-3-11-15-12-5-7-4-9(10)14-8(7)6-13-15/h2,7-8H,1,3-6H2/t7-,8-,15?/m1/s1. The van der Waals surface area contributed by atoms with Gasteiger partial charge < -0.3 is 18.3 Å². The third kappa shape index (κ3) is 2.75. The van der Waals surface area contributed by atoms with Gasteiger partial charge in [-0.1, -0.05) is 6.08 Å². The molecule has 0 amide bonds. The number of esters is 1. The first-order chi connectivity index (χ1) is 7.29. The van der Waals surface area contributed by atoms with Crippen LogP contribution in [0.1, 0.15) is 6.42 Å². The maximum absolute atomic E-state index is 11.0. The maximum Gasteiger partial charge on any atom is 0.333 e. The van der Waals surface area contributed by atoms with E-state index in [1.54, 1.807) is 6.08 Å². The minimum absolute atomic E-state index is 0.109. The quantitative estimate of drug-likeness (QED) is 0.418. The van der Waals surface area contributed by atoms with Crippen LogP contribution < -0.4 is 0 Å². The Morgan fingerprint density at radius 1 is 1.53 bits per heavy atom. The largest absolute Gasteiger partial charge is 0.459 e. The normalized spacial score (nSPS) is 35.5. The second kappa shape index (κ2) is 5.03. The third-order valence-corrected chi connectivity index (χ3v) is 3.35. The summed E-state index contributed by atoms with van der Waals surface area (Å²) < 4.78 is 21.1. The van der Waals surface area contributed by atoms with E-state index in [2.05, 4.69) is 6.58 Å². The van der Waals surface area contributed by atoms with Gasteiger partial charge in [-0.2, -0.15) is 0 Å². The Balaban J connectivity index is 1.84. The number of ether oxygens (including phenoxy) is 1. The Labute approximate surface area is 89.3 Å². The molecule has 84 valence electrons. The lowest BCUT2D eigenvalue weighted by Gasteiger charge is -2.12. The van der Waals surface area contributed by atoms with Gasteiger partial charge in [0.25, 0.3) is 0 Å². The van der Waals surface area contributed by atoms with Gasteiger partial charge in [0.1, 0.15) is 6.10 Å². The molecular weight excluding hydrogens is 219 g/mol. The summed E-state index contributed by atoms with van der Waals surface area (Å²) in [6, 6.07) is 0. The molecule has 2 aliphatic rings. The molecule has 15 heavy (non-hydrogen) atoms. The molecule has 0 aromatic rings. The molecule has 2 aliphatic heterocycles. The van der Waals surface area contributed by atoms with Crippen molar-refractivity contribution in [2.45, 2.75) is 12.5 Å². The van der Waals surface area contributed by atoms with Crippen LogP contribution in [0.2, 0.25) is 0 Å². The van der Waals surface area contributed by atoms with Crippen LogP contribution >= 0.6 is 8.60 Å². The highest BCUT2D eigenvalue weighted by molar-refractivity contribution is 7.41. The summed E-state index contributed by atoms with van der Waals surface area (Å²) in [5.74, 6) is -0.0623. The average molecular weight is 232 g/mol. The van der Waals surface area contributed by atoms with Crippen molar-refractivity contribution in [1.29, 1.82) is 0 Å². The Morgan fingerprint density at radius 2 is 2.33 bits per heavy atom. The van der Waals surface area contributed by atoms with E-state index in [0.29, 0.717) is 26.2 Å². The molecule has 0 radical (unpaired) electrons. The van der Waals surface area contributed by atoms with Gasteiger partial charge >= 0.3 is 14.6 Å². The molecule has 2 heterocycles. The number of hydrogen-bond donors (Lipinski definition) is 0. The fourth-order valence-electron chi connectivity index (χ4n) is 1.51. The lowest BCUT2D eigenvalue weighted by atomic mass is 10.0. The highest BCUT2D eigenvalue weighted by atomic mass is 31.2. The molecule has 0 saturated carbocycles. The minimum Gasteiger partial charge on any atom is -0.459 e. The summed E-state index contributed by atoms with van der Waals surface area (Å²) >= 11 is 0. The first-order valence-corrected chi connectivity index (χ1v) is 5.88. The van der Waals surface area contributed by atoms with E-state index in [4.69, 9.17) is 18.3 Å². The van der Waals surface area contributed by atoms with Crippen LogP contribution in [0.15, 0.2) is 12.7 Å². The Morgan fingerprint density at radius 3 is 3.13 bits per heavy atom. The van der Waals surface area contributed by atoms with Crippen molar-refractivity contribution in [3.8, 4) is 0 Å². The van der Waals surface area contributed by atoms with Crippen molar-refractivity contribution < 1.29 is 23.1 Å². The molecule has 0 bridgehead atoms. The first kappa shape index (κ1) is 11.0. The zero-order valence-corrected chi connectivity index (χ0v) is 9.15. The van der Waals surface area contributed by atoms with Crippen molar-refractivity contribution in [2.24, 2.45) is 5.92 Å². The molecule has 3 atom stereocenters. The van der Waals surface area contributed by atoms with Gasteiger partial charge in [0.15, 0.2) is 0 Å². The number of carbonyl (C=O) groups excluding carboxylic acids is 1. The number of rotatable bonds is 3. The molecule has 0 aromatic heterocycles. The van der Waals surface area contributed by atoms with E-state index < -0.39 is 8.60 Å². The molecular formula is C9H13O5P. The van der Waals surface area contributed by atoms with Crippen LogP contribution in [0.25, 0.3) is 0 Å². The van der Waals surface area contributed by atoms with Crippen molar-refractivity contribution in [2.75, 3.05) is 19.8 Å². The van der Waals surface area contributed by atoms with Crippen molar-refractivity contribution in [3.05, 3.63) is 12.7 Å². The van der Waals surface area contributed by atoms with Gasteiger partial charge in [0, 0.05) is 5.92 Å². The molecule has 2 rings (SSSR count). The second-order valence-electron chi connectivity index (χ2n) is 3.39.